The number of carbonyl (C=O) groups is 2. The summed E-state index contributed by atoms with van der Waals surface area (Å²) in [6.45, 7) is 5.92. The average molecular weight is 295 g/mol. The van der Waals surface area contributed by atoms with Gasteiger partial charge in [-0.15, -0.1) is 0 Å². The minimum absolute atomic E-state index is 0.257. The molecule has 1 aromatic rings. The molecule has 116 valence electrons. The average Bonchev–Trinajstić information content (AvgIpc) is 2.41. The zero-order valence-electron chi connectivity index (χ0n) is 12.4. The number of amides is 2. The number of carbonyl (C=O) groups excluding carboxylic acids is 2. The predicted molar refractivity (Wildman–Crippen MR) is 77.8 cm³/mol. The van der Waals surface area contributed by atoms with Gasteiger partial charge in [0.25, 0.3) is 5.91 Å². The van der Waals surface area contributed by atoms with E-state index in [4.69, 9.17) is 15.3 Å². The lowest BCUT2D eigenvalue weighted by molar-refractivity contribution is 0.0520. The van der Waals surface area contributed by atoms with E-state index >= 15 is 0 Å². The fourth-order valence-corrected chi connectivity index (χ4v) is 1.45. The van der Waals surface area contributed by atoms with E-state index in [2.05, 4.69) is 5.32 Å². The molecule has 4 N–H and O–H groups in total. The third-order valence-electron chi connectivity index (χ3n) is 2.27. The predicted octanol–water partition coefficient (Wildman–Crippen LogP) is 1.19. The molecular weight excluding hydrogens is 274 g/mol. The number of benzene rings is 1. The first kappa shape index (κ1) is 16.8. The Morgan fingerprint density at radius 3 is 2.62 bits per heavy atom. The lowest BCUT2D eigenvalue weighted by atomic mass is 10.2. The molecule has 0 saturated carbocycles. The van der Waals surface area contributed by atoms with Crippen LogP contribution in [0.2, 0.25) is 0 Å². The Labute approximate surface area is 123 Å². The number of nitrogens with two attached hydrogens (primary N) is 1. The number of hydrazine groups is 1. The van der Waals surface area contributed by atoms with Gasteiger partial charge < -0.3 is 14.8 Å². The number of ether oxygens (including phenoxy) is 2. The molecule has 0 unspecified atom stereocenters. The fraction of sp³-hybridized carbons (Fsp3) is 0.429. The summed E-state index contributed by atoms with van der Waals surface area (Å²) in [5, 5.41) is 2.57. The molecule has 0 radical (unpaired) electrons. The van der Waals surface area contributed by atoms with Gasteiger partial charge in [-0.25, -0.2) is 10.6 Å². The number of hydrogen-bond acceptors (Lipinski definition) is 5. The molecule has 0 heterocycles. The molecule has 0 aromatic heterocycles. The molecule has 0 spiro atoms. The normalized spacial score (nSPS) is 10.7. The van der Waals surface area contributed by atoms with Crippen molar-refractivity contribution >= 4 is 12.0 Å². The van der Waals surface area contributed by atoms with Crippen molar-refractivity contribution in [1.82, 2.24) is 10.7 Å². The third kappa shape index (κ3) is 6.62. The SMILES string of the molecule is CC(C)(C)OC(=O)NCCOc1cccc(C(=O)NN)c1. The van der Waals surface area contributed by atoms with Crippen LogP contribution >= 0.6 is 0 Å². The Morgan fingerprint density at radius 2 is 2.00 bits per heavy atom. The quantitative estimate of drug-likeness (QED) is 0.328. The van der Waals surface area contributed by atoms with Gasteiger partial charge >= 0.3 is 6.09 Å². The van der Waals surface area contributed by atoms with Crippen molar-refractivity contribution in [1.29, 1.82) is 0 Å². The minimum Gasteiger partial charge on any atom is -0.492 e. The number of hydrogen-bond donors (Lipinski definition) is 3. The van der Waals surface area contributed by atoms with Gasteiger partial charge in [-0.2, -0.15) is 0 Å². The molecule has 0 atom stereocenters. The van der Waals surface area contributed by atoms with Crippen LogP contribution in [0.15, 0.2) is 24.3 Å². The van der Waals surface area contributed by atoms with E-state index in [-0.39, 0.29) is 6.61 Å². The van der Waals surface area contributed by atoms with E-state index < -0.39 is 17.6 Å². The van der Waals surface area contributed by atoms with Crippen molar-refractivity contribution < 1.29 is 19.1 Å². The highest BCUT2D eigenvalue weighted by Crippen LogP contribution is 2.13. The van der Waals surface area contributed by atoms with Gasteiger partial charge in [-0.05, 0) is 39.0 Å². The monoisotopic (exact) mass is 295 g/mol. The van der Waals surface area contributed by atoms with Crippen molar-refractivity contribution in [2.75, 3.05) is 13.2 Å². The fourth-order valence-electron chi connectivity index (χ4n) is 1.45. The van der Waals surface area contributed by atoms with Gasteiger partial charge in [0.05, 0.1) is 6.54 Å². The maximum atomic E-state index is 11.4. The van der Waals surface area contributed by atoms with Gasteiger partial charge in [0.15, 0.2) is 0 Å². The Morgan fingerprint density at radius 1 is 1.29 bits per heavy atom. The topological polar surface area (TPSA) is 103 Å². The molecule has 1 rings (SSSR count). The van der Waals surface area contributed by atoms with Crippen LogP contribution in [0, 0.1) is 0 Å². The van der Waals surface area contributed by atoms with Crippen molar-refractivity contribution in [3.8, 4) is 5.75 Å². The second kappa shape index (κ2) is 7.49. The number of alkyl carbamates (subject to hydrolysis) is 1. The van der Waals surface area contributed by atoms with Gasteiger partial charge in [0.1, 0.15) is 18.0 Å². The Hall–Kier alpha value is -2.28. The summed E-state index contributed by atoms with van der Waals surface area (Å²) in [6, 6.07) is 6.58. The van der Waals surface area contributed by atoms with Crippen molar-refractivity contribution in [2.24, 2.45) is 5.84 Å². The first-order valence-electron chi connectivity index (χ1n) is 6.52. The van der Waals surface area contributed by atoms with Gasteiger partial charge in [-0.1, -0.05) is 6.07 Å². The molecule has 2 amide bonds. The smallest absolute Gasteiger partial charge is 0.407 e. The van der Waals surface area contributed by atoms with Crippen LogP contribution < -0.4 is 21.3 Å². The van der Waals surface area contributed by atoms with Crippen molar-refractivity contribution in [3.05, 3.63) is 29.8 Å². The maximum absolute atomic E-state index is 11.4. The van der Waals surface area contributed by atoms with Gasteiger partial charge in [0.2, 0.25) is 0 Å². The van der Waals surface area contributed by atoms with E-state index in [9.17, 15) is 9.59 Å². The van der Waals surface area contributed by atoms with E-state index in [1.54, 1.807) is 45.0 Å². The van der Waals surface area contributed by atoms with Crippen LogP contribution in [0.1, 0.15) is 31.1 Å². The summed E-state index contributed by atoms with van der Waals surface area (Å²) in [5.41, 5.74) is 1.91. The standard InChI is InChI=1S/C14H21N3O4/c1-14(2,3)21-13(19)16-7-8-20-11-6-4-5-10(9-11)12(18)17-15/h4-6,9H,7-8,15H2,1-3H3,(H,16,19)(H,17,18). The third-order valence-corrected chi connectivity index (χ3v) is 2.27. The molecule has 1 aromatic carbocycles. The number of nitrogen functional groups attached to an aromatic ring is 1. The summed E-state index contributed by atoms with van der Waals surface area (Å²) < 4.78 is 10.5. The van der Waals surface area contributed by atoms with E-state index in [1.165, 1.54) is 0 Å². The van der Waals surface area contributed by atoms with Crippen LogP contribution in [0.5, 0.6) is 5.75 Å². The van der Waals surface area contributed by atoms with Crippen molar-refractivity contribution in [3.63, 3.8) is 0 Å². The van der Waals surface area contributed by atoms with Gasteiger partial charge in [-0.3, -0.25) is 10.2 Å². The number of nitrogens with one attached hydrogen (secondary N) is 2. The first-order valence-corrected chi connectivity index (χ1v) is 6.52. The summed E-state index contributed by atoms with van der Waals surface area (Å²) in [7, 11) is 0. The number of rotatable bonds is 5. The molecule has 0 aliphatic heterocycles. The molecule has 0 bridgehead atoms. The second-order valence-electron chi connectivity index (χ2n) is 5.28. The molecule has 7 nitrogen and oxygen atoms in total. The second-order valence-corrected chi connectivity index (χ2v) is 5.28. The summed E-state index contributed by atoms with van der Waals surface area (Å²) in [4.78, 5) is 22.7. The highest BCUT2D eigenvalue weighted by Gasteiger charge is 2.15. The van der Waals surface area contributed by atoms with E-state index in [1.807, 2.05) is 5.43 Å². The highest BCUT2D eigenvalue weighted by molar-refractivity contribution is 5.94. The summed E-state index contributed by atoms with van der Waals surface area (Å²) >= 11 is 0. The van der Waals surface area contributed by atoms with E-state index in [0.717, 1.165) is 0 Å². The van der Waals surface area contributed by atoms with Gasteiger partial charge in [0, 0.05) is 5.56 Å². The molecule has 0 aliphatic rings. The van der Waals surface area contributed by atoms with Crippen LogP contribution in [-0.2, 0) is 4.74 Å². The highest BCUT2D eigenvalue weighted by atomic mass is 16.6. The Bertz CT molecular complexity index is 497. The molecule has 0 fully saturated rings. The zero-order valence-corrected chi connectivity index (χ0v) is 12.4. The lowest BCUT2D eigenvalue weighted by Crippen LogP contribution is -2.34. The zero-order chi connectivity index (χ0) is 15.9. The molecule has 0 aliphatic carbocycles. The largest absolute Gasteiger partial charge is 0.492 e. The summed E-state index contributed by atoms with van der Waals surface area (Å²) in [6.07, 6.45) is -0.498. The van der Waals surface area contributed by atoms with Crippen LogP contribution in [-0.4, -0.2) is 30.8 Å². The molecule has 0 saturated heterocycles. The first-order chi connectivity index (χ1) is 9.81. The lowest BCUT2D eigenvalue weighted by Gasteiger charge is -2.19. The molecular formula is C14H21N3O4. The Kier molecular flexibility index (Phi) is 5.98. The molecule has 7 heteroatoms. The Balaban J connectivity index is 2.36. The molecule has 21 heavy (non-hydrogen) atoms. The summed E-state index contributed by atoms with van der Waals surface area (Å²) in [5.74, 6) is 5.18. The van der Waals surface area contributed by atoms with Crippen LogP contribution in [0.25, 0.3) is 0 Å². The van der Waals surface area contributed by atoms with Crippen molar-refractivity contribution in [2.45, 2.75) is 26.4 Å². The van der Waals surface area contributed by atoms with E-state index in [0.29, 0.717) is 17.9 Å². The van der Waals surface area contributed by atoms with Crippen LogP contribution in [0.3, 0.4) is 0 Å². The minimum atomic E-state index is -0.533. The van der Waals surface area contributed by atoms with Crippen LogP contribution in [0.4, 0.5) is 4.79 Å². The maximum Gasteiger partial charge on any atom is 0.407 e.